The molecular formula is C12H10FNO. The Bertz CT molecular complexity index is 556. The van der Waals surface area contributed by atoms with Gasteiger partial charge < -0.3 is 4.98 Å². The molecule has 0 amide bonds. The van der Waals surface area contributed by atoms with Crippen molar-refractivity contribution in [2.45, 2.75) is 19.3 Å². The Hall–Kier alpha value is -1.64. The molecule has 0 atom stereocenters. The topological polar surface area (TPSA) is 32.9 Å². The predicted molar refractivity (Wildman–Crippen MR) is 55.5 cm³/mol. The van der Waals surface area contributed by atoms with Crippen molar-refractivity contribution in [1.29, 1.82) is 0 Å². The summed E-state index contributed by atoms with van der Waals surface area (Å²) in [5, 5.41) is 0.859. The second kappa shape index (κ2) is 2.92. The third kappa shape index (κ3) is 1.12. The van der Waals surface area contributed by atoms with E-state index >= 15 is 0 Å². The van der Waals surface area contributed by atoms with Crippen molar-refractivity contribution in [3.8, 4) is 0 Å². The molecule has 0 fully saturated rings. The Morgan fingerprint density at radius 1 is 1.27 bits per heavy atom. The monoisotopic (exact) mass is 203 g/mol. The number of rotatable bonds is 0. The van der Waals surface area contributed by atoms with Gasteiger partial charge in [-0.05, 0) is 24.5 Å². The summed E-state index contributed by atoms with van der Waals surface area (Å²) in [7, 11) is 0. The molecule has 3 heteroatoms. The summed E-state index contributed by atoms with van der Waals surface area (Å²) in [6, 6.07) is 4.96. The van der Waals surface area contributed by atoms with E-state index in [0.717, 1.165) is 23.8 Å². The van der Waals surface area contributed by atoms with Gasteiger partial charge in [0.05, 0.1) is 11.2 Å². The van der Waals surface area contributed by atoms with Crippen LogP contribution in [0.25, 0.3) is 10.9 Å². The number of Topliss-reactive ketones (excluding diaryl/α,β-unsaturated/α-hetero) is 1. The van der Waals surface area contributed by atoms with Crippen LogP contribution in [0.5, 0.6) is 0 Å². The Morgan fingerprint density at radius 3 is 3.00 bits per heavy atom. The number of carbonyl (C=O) groups excluding carboxylic acids is 1. The fourth-order valence-electron chi connectivity index (χ4n) is 2.29. The molecule has 76 valence electrons. The fraction of sp³-hybridized carbons (Fsp3) is 0.250. The predicted octanol–water partition coefficient (Wildman–Crippen LogP) is 2.83. The number of nitrogens with one attached hydrogen (secondary N) is 1. The molecule has 0 saturated heterocycles. The van der Waals surface area contributed by atoms with Gasteiger partial charge >= 0.3 is 0 Å². The summed E-state index contributed by atoms with van der Waals surface area (Å²) in [4.78, 5) is 14.5. The van der Waals surface area contributed by atoms with E-state index in [-0.39, 0.29) is 11.6 Å². The Morgan fingerprint density at radius 2 is 2.13 bits per heavy atom. The van der Waals surface area contributed by atoms with Crippen LogP contribution in [0, 0.1) is 5.82 Å². The number of benzene rings is 1. The van der Waals surface area contributed by atoms with E-state index < -0.39 is 0 Å². The smallest absolute Gasteiger partial charge is 0.179 e. The molecule has 1 aliphatic carbocycles. The van der Waals surface area contributed by atoms with Crippen molar-refractivity contribution in [2.24, 2.45) is 0 Å². The minimum Gasteiger partial charge on any atom is -0.349 e. The van der Waals surface area contributed by atoms with E-state index in [1.165, 1.54) is 6.07 Å². The zero-order valence-electron chi connectivity index (χ0n) is 8.14. The fourth-order valence-corrected chi connectivity index (χ4v) is 2.29. The van der Waals surface area contributed by atoms with Crippen LogP contribution >= 0.6 is 0 Å². The lowest BCUT2D eigenvalue weighted by molar-refractivity contribution is 0.0968. The van der Waals surface area contributed by atoms with Crippen molar-refractivity contribution in [3.05, 3.63) is 35.3 Å². The average Bonchev–Trinajstić information content (AvgIpc) is 2.60. The van der Waals surface area contributed by atoms with Gasteiger partial charge in [-0.15, -0.1) is 0 Å². The van der Waals surface area contributed by atoms with Crippen LogP contribution in [-0.2, 0) is 6.42 Å². The van der Waals surface area contributed by atoms with Gasteiger partial charge in [-0.1, -0.05) is 12.1 Å². The van der Waals surface area contributed by atoms with Crippen molar-refractivity contribution in [1.82, 2.24) is 4.98 Å². The molecule has 2 nitrogen and oxygen atoms in total. The molecule has 0 saturated carbocycles. The lowest BCUT2D eigenvalue weighted by Gasteiger charge is -2.09. The van der Waals surface area contributed by atoms with Crippen molar-refractivity contribution >= 4 is 16.7 Å². The number of aromatic amines is 1. The standard InChI is InChI=1S/C12H10FNO/c13-9-5-1-3-7-8-4-2-6-10(15)12(8)14-11(7)9/h1,3,5,14H,2,4,6H2. The van der Waals surface area contributed by atoms with Gasteiger partial charge in [0.25, 0.3) is 0 Å². The summed E-state index contributed by atoms with van der Waals surface area (Å²) in [6.07, 6.45) is 2.31. The molecule has 1 aliphatic rings. The van der Waals surface area contributed by atoms with E-state index in [4.69, 9.17) is 0 Å². The molecule has 1 aromatic carbocycles. The Labute approximate surface area is 86.1 Å². The zero-order valence-corrected chi connectivity index (χ0v) is 8.14. The molecule has 0 spiro atoms. The number of para-hydroxylation sites is 1. The lowest BCUT2D eigenvalue weighted by atomic mass is 9.95. The van der Waals surface area contributed by atoms with Gasteiger partial charge in [0.1, 0.15) is 5.82 Å². The summed E-state index contributed by atoms with van der Waals surface area (Å²) in [5.41, 5.74) is 2.07. The van der Waals surface area contributed by atoms with Crippen LogP contribution in [0.15, 0.2) is 18.2 Å². The molecule has 1 heterocycles. The molecule has 0 unspecified atom stereocenters. The highest BCUT2D eigenvalue weighted by Crippen LogP contribution is 2.29. The maximum Gasteiger partial charge on any atom is 0.179 e. The number of carbonyl (C=O) groups is 1. The number of aryl methyl sites for hydroxylation is 1. The summed E-state index contributed by atoms with van der Waals surface area (Å²) < 4.78 is 13.5. The molecule has 2 aromatic rings. The number of H-pyrrole nitrogens is 1. The lowest BCUT2D eigenvalue weighted by Crippen LogP contribution is -2.09. The number of hydrogen-bond acceptors (Lipinski definition) is 1. The number of halogens is 1. The molecule has 1 aromatic heterocycles. The van der Waals surface area contributed by atoms with Crippen LogP contribution in [0.2, 0.25) is 0 Å². The number of aromatic nitrogens is 1. The van der Waals surface area contributed by atoms with E-state index in [0.29, 0.717) is 17.6 Å². The maximum atomic E-state index is 13.5. The molecule has 0 aliphatic heterocycles. The van der Waals surface area contributed by atoms with Crippen LogP contribution in [0.3, 0.4) is 0 Å². The first-order valence-electron chi connectivity index (χ1n) is 5.09. The van der Waals surface area contributed by atoms with E-state index in [2.05, 4.69) is 4.98 Å². The van der Waals surface area contributed by atoms with Gasteiger partial charge in [-0.25, -0.2) is 4.39 Å². The summed E-state index contributed by atoms with van der Waals surface area (Å²) in [5.74, 6) is -0.179. The third-order valence-corrected chi connectivity index (χ3v) is 3.00. The highest BCUT2D eigenvalue weighted by Gasteiger charge is 2.22. The average molecular weight is 203 g/mol. The van der Waals surface area contributed by atoms with Crippen LogP contribution in [-0.4, -0.2) is 10.8 Å². The molecular weight excluding hydrogens is 193 g/mol. The van der Waals surface area contributed by atoms with Gasteiger partial charge in [-0.2, -0.15) is 0 Å². The van der Waals surface area contributed by atoms with Crippen molar-refractivity contribution < 1.29 is 9.18 Å². The molecule has 0 radical (unpaired) electrons. The molecule has 0 bridgehead atoms. The second-order valence-corrected chi connectivity index (χ2v) is 3.92. The first kappa shape index (κ1) is 8.65. The first-order chi connectivity index (χ1) is 7.27. The minimum atomic E-state index is -0.283. The quantitative estimate of drug-likeness (QED) is 0.701. The maximum absolute atomic E-state index is 13.5. The van der Waals surface area contributed by atoms with Crippen LogP contribution in [0.4, 0.5) is 4.39 Å². The molecule has 3 rings (SSSR count). The minimum absolute atomic E-state index is 0.104. The molecule has 15 heavy (non-hydrogen) atoms. The summed E-state index contributed by atoms with van der Waals surface area (Å²) >= 11 is 0. The van der Waals surface area contributed by atoms with Gasteiger partial charge in [-0.3, -0.25) is 4.79 Å². The van der Waals surface area contributed by atoms with Gasteiger partial charge in [0.15, 0.2) is 5.78 Å². The van der Waals surface area contributed by atoms with E-state index in [1.807, 2.05) is 6.07 Å². The van der Waals surface area contributed by atoms with Gasteiger partial charge in [0, 0.05) is 11.8 Å². The van der Waals surface area contributed by atoms with E-state index in [9.17, 15) is 9.18 Å². The number of ketones is 1. The second-order valence-electron chi connectivity index (χ2n) is 3.92. The normalized spacial score (nSPS) is 15.7. The number of fused-ring (bicyclic) bond motifs is 3. The van der Waals surface area contributed by atoms with Crippen molar-refractivity contribution in [2.75, 3.05) is 0 Å². The molecule has 1 N–H and O–H groups in total. The van der Waals surface area contributed by atoms with Gasteiger partial charge in [0.2, 0.25) is 0 Å². The summed E-state index contributed by atoms with van der Waals surface area (Å²) in [6.45, 7) is 0. The van der Waals surface area contributed by atoms with Crippen molar-refractivity contribution in [3.63, 3.8) is 0 Å². The Balaban J connectivity index is 2.40. The van der Waals surface area contributed by atoms with E-state index in [1.54, 1.807) is 6.07 Å². The SMILES string of the molecule is O=C1CCCc2c1[nH]c1c(F)cccc21. The van der Waals surface area contributed by atoms with Crippen LogP contribution in [0.1, 0.15) is 28.9 Å². The number of hydrogen-bond donors (Lipinski definition) is 1. The highest BCUT2D eigenvalue weighted by atomic mass is 19.1. The largest absolute Gasteiger partial charge is 0.349 e. The zero-order chi connectivity index (χ0) is 10.4. The highest BCUT2D eigenvalue weighted by molar-refractivity contribution is 6.03. The first-order valence-corrected chi connectivity index (χ1v) is 5.09. The van der Waals surface area contributed by atoms with Crippen LogP contribution < -0.4 is 0 Å². The third-order valence-electron chi connectivity index (χ3n) is 3.00. The Kier molecular flexibility index (Phi) is 1.69.